The number of hydrogen-bond acceptors (Lipinski definition) is 4. The highest BCUT2D eigenvalue weighted by atomic mass is 16.4. The first-order valence-corrected chi connectivity index (χ1v) is 7.73. The van der Waals surface area contributed by atoms with E-state index in [2.05, 4.69) is 29.0 Å². The van der Waals surface area contributed by atoms with Crippen molar-refractivity contribution in [1.82, 2.24) is 10.3 Å². The monoisotopic (exact) mass is 265 g/mol. The second-order valence-corrected chi connectivity index (χ2v) is 5.52. The van der Waals surface area contributed by atoms with Crippen molar-refractivity contribution in [1.29, 1.82) is 0 Å². The lowest BCUT2D eigenvalue weighted by Crippen LogP contribution is -2.33. The molecular formula is C15H27N3O. The van der Waals surface area contributed by atoms with Crippen molar-refractivity contribution in [3.63, 3.8) is 0 Å². The number of hydrogen-bond donors (Lipinski definition) is 1. The SMILES string of the molecule is CCCNCc1coc(N2CCC(CCC)CC2)n1. The van der Waals surface area contributed by atoms with Crippen molar-refractivity contribution in [2.24, 2.45) is 5.92 Å². The minimum Gasteiger partial charge on any atom is -0.432 e. The van der Waals surface area contributed by atoms with E-state index >= 15 is 0 Å². The summed E-state index contributed by atoms with van der Waals surface area (Å²) >= 11 is 0. The van der Waals surface area contributed by atoms with Crippen molar-refractivity contribution >= 4 is 6.01 Å². The van der Waals surface area contributed by atoms with Crippen LogP contribution < -0.4 is 10.2 Å². The second-order valence-electron chi connectivity index (χ2n) is 5.52. The molecule has 19 heavy (non-hydrogen) atoms. The van der Waals surface area contributed by atoms with Gasteiger partial charge in [0, 0.05) is 19.6 Å². The Morgan fingerprint density at radius 3 is 2.79 bits per heavy atom. The van der Waals surface area contributed by atoms with Crippen LogP contribution in [0.5, 0.6) is 0 Å². The van der Waals surface area contributed by atoms with E-state index in [9.17, 15) is 0 Å². The van der Waals surface area contributed by atoms with Gasteiger partial charge in [0.1, 0.15) is 6.26 Å². The summed E-state index contributed by atoms with van der Waals surface area (Å²) in [6.07, 6.45) is 8.16. The van der Waals surface area contributed by atoms with Crippen LogP contribution in [0.15, 0.2) is 10.7 Å². The molecule has 1 aliphatic heterocycles. The normalized spacial score (nSPS) is 17.1. The van der Waals surface area contributed by atoms with Crippen LogP contribution in [0.4, 0.5) is 6.01 Å². The smallest absolute Gasteiger partial charge is 0.297 e. The van der Waals surface area contributed by atoms with Gasteiger partial charge in [-0.05, 0) is 31.7 Å². The number of rotatable bonds is 7. The van der Waals surface area contributed by atoms with Crippen LogP contribution in [0.25, 0.3) is 0 Å². The van der Waals surface area contributed by atoms with Gasteiger partial charge in [-0.25, -0.2) is 0 Å². The Morgan fingerprint density at radius 1 is 1.32 bits per heavy atom. The number of anilines is 1. The van der Waals surface area contributed by atoms with E-state index in [0.717, 1.165) is 50.2 Å². The lowest BCUT2D eigenvalue weighted by molar-refractivity contribution is 0.365. The molecule has 1 aromatic heterocycles. The number of aromatic nitrogens is 1. The number of piperidine rings is 1. The van der Waals surface area contributed by atoms with Gasteiger partial charge in [-0.1, -0.05) is 26.7 Å². The summed E-state index contributed by atoms with van der Waals surface area (Å²) in [5.41, 5.74) is 1.01. The molecule has 0 spiro atoms. The molecule has 0 amide bonds. The first-order valence-electron chi connectivity index (χ1n) is 7.73. The third kappa shape index (κ3) is 4.23. The quantitative estimate of drug-likeness (QED) is 0.769. The van der Waals surface area contributed by atoms with Crippen molar-refractivity contribution in [2.45, 2.75) is 52.5 Å². The molecule has 0 radical (unpaired) electrons. The van der Waals surface area contributed by atoms with E-state index in [0.29, 0.717) is 0 Å². The maximum absolute atomic E-state index is 5.60. The average Bonchev–Trinajstić information content (AvgIpc) is 2.89. The topological polar surface area (TPSA) is 41.3 Å². The van der Waals surface area contributed by atoms with Crippen LogP contribution >= 0.6 is 0 Å². The van der Waals surface area contributed by atoms with Crippen molar-refractivity contribution in [3.05, 3.63) is 12.0 Å². The Bertz CT molecular complexity index is 356. The lowest BCUT2D eigenvalue weighted by atomic mass is 9.93. The third-order valence-electron chi connectivity index (χ3n) is 3.85. The zero-order chi connectivity index (χ0) is 13.5. The van der Waals surface area contributed by atoms with Gasteiger partial charge >= 0.3 is 0 Å². The van der Waals surface area contributed by atoms with E-state index in [4.69, 9.17) is 4.42 Å². The van der Waals surface area contributed by atoms with E-state index in [1.54, 1.807) is 6.26 Å². The molecule has 0 bridgehead atoms. The lowest BCUT2D eigenvalue weighted by Gasteiger charge is -2.30. The summed E-state index contributed by atoms with van der Waals surface area (Å²) in [7, 11) is 0. The molecule has 4 heteroatoms. The molecule has 1 aromatic rings. The van der Waals surface area contributed by atoms with Crippen LogP contribution in [0.2, 0.25) is 0 Å². The van der Waals surface area contributed by atoms with Gasteiger partial charge in [0.05, 0.1) is 5.69 Å². The second kappa shape index (κ2) is 7.53. The van der Waals surface area contributed by atoms with Crippen molar-refractivity contribution in [2.75, 3.05) is 24.5 Å². The molecule has 1 N–H and O–H groups in total. The van der Waals surface area contributed by atoms with Gasteiger partial charge in [0.25, 0.3) is 6.01 Å². The Kier molecular flexibility index (Phi) is 5.70. The summed E-state index contributed by atoms with van der Waals surface area (Å²) in [5.74, 6) is 0.905. The number of nitrogens with zero attached hydrogens (tertiary/aromatic N) is 2. The van der Waals surface area contributed by atoms with Crippen LogP contribution in [0, 0.1) is 5.92 Å². The molecular weight excluding hydrogens is 238 g/mol. The van der Waals surface area contributed by atoms with Gasteiger partial charge in [-0.15, -0.1) is 0 Å². The fraction of sp³-hybridized carbons (Fsp3) is 0.800. The Morgan fingerprint density at radius 2 is 2.11 bits per heavy atom. The highest BCUT2D eigenvalue weighted by Gasteiger charge is 2.21. The minimum atomic E-state index is 0.809. The molecule has 108 valence electrons. The fourth-order valence-corrected chi connectivity index (χ4v) is 2.74. The molecule has 0 atom stereocenters. The minimum absolute atomic E-state index is 0.809. The zero-order valence-electron chi connectivity index (χ0n) is 12.3. The summed E-state index contributed by atoms with van der Waals surface area (Å²) < 4.78 is 5.60. The van der Waals surface area contributed by atoms with E-state index in [1.807, 2.05) is 0 Å². The molecule has 4 nitrogen and oxygen atoms in total. The number of nitrogens with one attached hydrogen (secondary N) is 1. The van der Waals surface area contributed by atoms with Gasteiger partial charge in [0.15, 0.2) is 0 Å². The highest BCUT2D eigenvalue weighted by Crippen LogP contribution is 2.25. The molecule has 1 aliphatic rings. The molecule has 0 aromatic carbocycles. The van der Waals surface area contributed by atoms with Gasteiger partial charge < -0.3 is 14.6 Å². The molecule has 0 aliphatic carbocycles. The first kappa shape index (κ1) is 14.4. The number of oxazole rings is 1. The summed E-state index contributed by atoms with van der Waals surface area (Å²) in [5, 5.41) is 3.35. The predicted molar refractivity (Wildman–Crippen MR) is 78.3 cm³/mol. The van der Waals surface area contributed by atoms with Crippen molar-refractivity contribution in [3.8, 4) is 0 Å². The maximum Gasteiger partial charge on any atom is 0.297 e. The molecule has 0 unspecified atom stereocenters. The van der Waals surface area contributed by atoms with Gasteiger partial charge in [-0.2, -0.15) is 4.98 Å². The maximum atomic E-state index is 5.60. The van der Waals surface area contributed by atoms with Crippen LogP contribution in [0.1, 0.15) is 51.6 Å². The van der Waals surface area contributed by atoms with Crippen LogP contribution in [-0.4, -0.2) is 24.6 Å². The molecule has 1 saturated heterocycles. The Labute approximate surface area is 116 Å². The summed E-state index contributed by atoms with van der Waals surface area (Å²) in [6.45, 7) is 8.46. The molecule has 0 saturated carbocycles. The standard InChI is InChI=1S/C15H27N3O/c1-3-5-13-6-9-18(10-7-13)15-17-14(12-19-15)11-16-8-4-2/h12-13,16H,3-11H2,1-2H3. The summed E-state index contributed by atoms with van der Waals surface area (Å²) in [6, 6.07) is 0.809. The van der Waals surface area contributed by atoms with Crippen LogP contribution in [-0.2, 0) is 6.54 Å². The van der Waals surface area contributed by atoms with E-state index < -0.39 is 0 Å². The third-order valence-corrected chi connectivity index (χ3v) is 3.85. The van der Waals surface area contributed by atoms with Gasteiger partial charge in [-0.3, -0.25) is 0 Å². The Balaban J connectivity index is 1.79. The fourth-order valence-electron chi connectivity index (χ4n) is 2.74. The largest absolute Gasteiger partial charge is 0.432 e. The van der Waals surface area contributed by atoms with E-state index in [-0.39, 0.29) is 0 Å². The van der Waals surface area contributed by atoms with Crippen LogP contribution in [0.3, 0.4) is 0 Å². The first-order chi connectivity index (χ1) is 9.33. The average molecular weight is 265 g/mol. The highest BCUT2D eigenvalue weighted by molar-refractivity contribution is 5.27. The zero-order valence-corrected chi connectivity index (χ0v) is 12.3. The van der Waals surface area contributed by atoms with E-state index in [1.165, 1.54) is 25.7 Å². The molecule has 1 fully saturated rings. The predicted octanol–water partition coefficient (Wildman–Crippen LogP) is 3.19. The Hall–Kier alpha value is -1.03. The summed E-state index contributed by atoms with van der Waals surface area (Å²) in [4.78, 5) is 6.86. The van der Waals surface area contributed by atoms with Crippen molar-refractivity contribution < 1.29 is 4.42 Å². The van der Waals surface area contributed by atoms with Gasteiger partial charge in [0.2, 0.25) is 0 Å². The molecule has 2 heterocycles. The molecule has 2 rings (SSSR count).